The van der Waals surface area contributed by atoms with Crippen LogP contribution in [0.25, 0.3) is 0 Å². The highest BCUT2D eigenvalue weighted by atomic mass is 16.2. The fourth-order valence-electron chi connectivity index (χ4n) is 3.03. The number of aliphatic hydroxyl groups excluding tert-OH is 1. The van der Waals surface area contributed by atoms with E-state index in [0.29, 0.717) is 0 Å². The molecule has 0 aliphatic rings. The van der Waals surface area contributed by atoms with E-state index in [4.69, 9.17) is 10.8 Å². The number of carbonyl (C=O) groups excluding carboxylic acids is 1. The van der Waals surface area contributed by atoms with Crippen LogP contribution in [0.3, 0.4) is 0 Å². The monoisotopic (exact) mass is 314 g/mol. The van der Waals surface area contributed by atoms with Crippen molar-refractivity contribution in [1.82, 2.24) is 5.32 Å². The largest absolute Gasteiger partial charge is 0.396 e. The number of primary amides is 1. The van der Waals surface area contributed by atoms with Crippen LogP contribution >= 0.6 is 0 Å². The number of amides is 2. The smallest absolute Gasteiger partial charge is 0.312 e. The van der Waals surface area contributed by atoms with Crippen LogP contribution in [0.2, 0.25) is 0 Å². The van der Waals surface area contributed by atoms with Gasteiger partial charge in [-0.15, -0.1) is 0 Å². The SMILES string of the molecule is CC(C)CCCC(C)CCCC(C)(CCCCO)NC(N)=O. The number of aliphatic hydroxyl groups is 1. The molecule has 0 fully saturated rings. The van der Waals surface area contributed by atoms with Crippen molar-refractivity contribution in [2.24, 2.45) is 17.6 Å². The zero-order chi connectivity index (χ0) is 17.0. The van der Waals surface area contributed by atoms with Gasteiger partial charge in [-0.25, -0.2) is 4.79 Å². The fraction of sp³-hybridized carbons (Fsp3) is 0.944. The van der Waals surface area contributed by atoms with E-state index >= 15 is 0 Å². The Hall–Kier alpha value is -0.770. The van der Waals surface area contributed by atoms with Crippen molar-refractivity contribution < 1.29 is 9.90 Å². The molecular formula is C18H38N2O2. The van der Waals surface area contributed by atoms with Gasteiger partial charge in [-0.3, -0.25) is 0 Å². The Labute approximate surface area is 137 Å². The maximum Gasteiger partial charge on any atom is 0.312 e. The predicted octanol–water partition coefficient (Wildman–Crippen LogP) is 4.21. The Bertz CT molecular complexity index is 295. The molecule has 2 unspecified atom stereocenters. The van der Waals surface area contributed by atoms with Crippen molar-refractivity contribution in [3.63, 3.8) is 0 Å². The molecule has 132 valence electrons. The Kier molecular flexibility index (Phi) is 11.3. The molecular weight excluding hydrogens is 276 g/mol. The van der Waals surface area contributed by atoms with E-state index in [1.54, 1.807) is 0 Å². The summed E-state index contributed by atoms with van der Waals surface area (Å²) in [6, 6.07) is -0.448. The van der Waals surface area contributed by atoms with Crippen LogP contribution in [-0.2, 0) is 0 Å². The van der Waals surface area contributed by atoms with E-state index in [-0.39, 0.29) is 12.1 Å². The molecule has 0 aromatic heterocycles. The average molecular weight is 315 g/mol. The van der Waals surface area contributed by atoms with Gasteiger partial charge in [-0.1, -0.05) is 52.9 Å². The summed E-state index contributed by atoms with van der Waals surface area (Å²) in [5.74, 6) is 1.54. The standard InChI is InChI=1S/C18H38N2O2/c1-15(2)9-7-10-16(3)11-8-13-18(4,20-17(19)22)12-5-6-14-21/h15-16,21H,5-14H2,1-4H3,(H3,19,20,22). The highest BCUT2D eigenvalue weighted by Gasteiger charge is 2.24. The molecule has 2 amide bonds. The lowest BCUT2D eigenvalue weighted by molar-refractivity contribution is 0.222. The van der Waals surface area contributed by atoms with E-state index in [0.717, 1.165) is 43.9 Å². The molecule has 0 aliphatic heterocycles. The van der Waals surface area contributed by atoms with Gasteiger partial charge in [0.2, 0.25) is 0 Å². The van der Waals surface area contributed by atoms with Crippen LogP contribution in [-0.4, -0.2) is 23.3 Å². The molecule has 0 saturated heterocycles. The maximum atomic E-state index is 11.2. The molecule has 2 atom stereocenters. The highest BCUT2D eigenvalue weighted by molar-refractivity contribution is 5.72. The normalized spacial score (nSPS) is 15.5. The quantitative estimate of drug-likeness (QED) is 0.445. The van der Waals surface area contributed by atoms with Crippen LogP contribution in [0, 0.1) is 11.8 Å². The molecule has 0 aliphatic carbocycles. The predicted molar refractivity (Wildman–Crippen MR) is 93.8 cm³/mol. The second-order valence-corrected chi connectivity index (χ2v) is 7.55. The number of carbonyl (C=O) groups is 1. The second kappa shape index (κ2) is 11.8. The lowest BCUT2D eigenvalue weighted by Crippen LogP contribution is -2.48. The Morgan fingerprint density at radius 1 is 1.05 bits per heavy atom. The van der Waals surface area contributed by atoms with E-state index in [9.17, 15) is 4.79 Å². The minimum atomic E-state index is -0.448. The summed E-state index contributed by atoms with van der Waals surface area (Å²) < 4.78 is 0. The van der Waals surface area contributed by atoms with Crippen LogP contribution in [0.1, 0.15) is 85.5 Å². The average Bonchev–Trinajstić information content (AvgIpc) is 2.37. The third-order valence-corrected chi connectivity index (χ3v) is 4.47. The van der Waals surface area contributed by atoms with Gasteiger partial charge in [0.1, 0.15) is 0 Å². The first-order valence-corrected chi connectivity index (χ1v) is 8.97. The minimum absolute atomic E-state index is 0.208. The molecule has 0 aromatic carbocycles. The van der Waals surface area contributed by atoms with Gasteiger partial charge in [0.25, 0.3) is 0 Å². The molecule has 0 heterocycles. The lowest BCUT2D eigenvalue weighted by Gasteiger charge is -2.30. The summed E-state index contributed by atoms with van der Waals surface area (Å²) in [7, 11) is 0. The van der Waals surface area contributed by atoms with E-state index < -0.39 is 6.03 Å². The molecule has 0 bridgehead atoms. The zero-order valence-electron chi connectivity index (χ0n) is 15.2. The van der Waals surface area contributed by atoms with E-state index in [1.807, 2.05) is 0 Å². The topological polar surface area (TPSA) is 75.3 Å². The molecule has 0 radical (unpaired) electrons. The van der Waals surface area contributed by atoms with Gasteiger partial charge >= 0.3 is 6.03 Å². The van der Waals surface area contributed by atoms with Gasteiger partial charge in [0, 0.05) is 12.1 Å². The molecule has 0 rings (SSSR count). The number of hydrogen-bond donors (Lipinski definition) is 3. The fourth-order valence-corrected chi connectivity index (χ4v) is 3.03. The molecule has 4 heteroatoms. The number of hydrogen-bond acceptors (Lipinski definition) is 2. The number of unbranched alkanes of at least 4 members (excludes halogenated alkanes) is 1. The van der Waals surface area contributed by atoms with Crippen LogP contribution in [0.5, 0.6) is 0 Å². The summed E-state index contributed by atoms with van der Waals surface area (Å²) in [4.78, 5) is 11.2. The van der Waals surface area contributed by atoms with Gasteiger partial charge in [-0.05, 0) is 44.4 Å². The Morgan fingerprint density at radius 3 is 2.18 bits per heavy atom. The summed E-state index contributed by atoms with van der Waals surface area (Å²) in [6.45, 7) is 9.15. The van der Waals surface area contributed by atoms with Gasteiger partial charge < -0.3 is 16.2 Å². The van der Waals surface area contributed by atoms with Crippen molar-refractivity contribution in [2.45, 2.75) is 91.0 Å². The summed E-state index contributed by atoms with van der Waals surface area (Å²) in [6.07, 6.45) is 9.75. The summed E-state index contributed by atoms with van der Waals surface area (Å²) in [5, 5.41) is 11.8. The Balaban J connectivity index is 4.07. The highest BCUT2D eigenvalue weighted by Crippen LogP contribution is 2.24. The first-order valence-electron chi connectivity index (χ1n) is 8.97. The third kappa shape index (κ3) is 11.8. The van der Waals surface area contributed by atoms with Crippen molar-refractivity contribution in [3.05, 3.63) is 0 Å². The summed E-state index contributed by atoms with van der Waals surface area (Å²) >= 11 is 0. The molecule has 4 nitrogen and oxygen atoms in total. The number of rotatable bonds is 13. The lowest BCUT2D eigenvalue weighted by atomic mass is 9.86. The third-order valence-electron chi connectivity index (χ3n) is 4.47. The van der Waals surface area contributed by atoms with Crippen molar-refractivity contribution >= 4 is 6.03 Å². The Morgan fingerprint density at radius 2 is 1.64 bits per heavy atom. The molecule has 0 aromatic rings. The second-order valence-electron chi connectivity index (χ2n) is 7.55. The van der Waals surface area contributed by atoms with Crippen LogP contribution in [0.4, 0.5) is 4.79 Å². The number of nitrogens with two attached hydrogens (primary N) is 1. The van der Waals surface area contributed by atoms with E-state index in [1.165, 1.54) is 25.7 Å². The first kappa shape index (κ1) is 21.2. The van der Waals surface area contributed by atoms with Crippen molar-refractivity contribution in [1.29, 1.82) is 0 Å². The molecule has 0 saturated carbocycles. The van der Waals surface area contributed by atoms with Gasteiger partial charge in [0.15, 0.2) is 0 Å². The maximum absolute atomic E-state index is 11.2. The van der Waals surface area contributed by atoms with Gasteiger partial charge in [0.05, 0.1) is 0 Å². The van der Waals surface area contributed by atoms with Crippen LogP contribution < -0.4 is 11.1 Å². The van der Waals surface area contributed by atoms with Crippen LogP contribution in [0.15, 0.2) is 0 Å². The minimum Gasteiger partial charge on any atom is -0.396 e. The summed E-state index contributed by atoms with van der Waals surface area (Å²) in [5.41, 5.74) is 5.07. The van der Waals surface area contributed by atoms with Gasteiger partial charge in [-0.2, -0.15) is 0 Å². The first-order chi connectivity index (χ1) is 10.3. The molecule has 0 spiro atoms. The molecule has 22 heavy (non-hydrogen) atoms. The zero-order valence-corrected chi connectivity index (χ0v) is 15.2. The van der Waals surface area contributed by atoms with Crippen molar-refractivity contribution in [3.8, 4) is 0 Å². The van der Waals surface area contributed by atoms with E-state index in [2.05, 4.69) is 33.0 Å². The van der Waals surface area contributed by atoms with Crippen molar-refractivity contribution in [2.75, 3.05) is 6.61 Å². The number of nitrogens with one attached hydrogen (secondary N) is 1. The molecule has 4 N–H and O–H groups in total. The number of urea groups is 1.